The molecule has 6 nitrogen and oxygen atoms in total. The number of piperidine rings is 1. The highest BCUT2D eigenvalue weighted by molar-refractivity contribution is 7.89. The first-order chi connectivity index (χ1) is 9.37. The summed E-state index contributed by atoms with van der Waals surface area (Å²) in [6, 6.07) is 0.303. The zero-order valence-corrected chi connectivity index (χ0v) is 13.3. The standard InChI is InChI=1S/C13H23N3O3S/c1-9(14-4)12-6-5-7-16(8-12)20(17,18)13-10(2)15-19-11(13)3/h9,12,14H,5-8H2,1-4H3. The Hall–Kier alpha value is -0.920. The molecule has 1 N–H and O–H groups in total. The van der Waals surface area contributed by atoms with Crippen molar-refractivity contribution in [3.05, 3.63) is 11.5 Å². The van der Waals surface area contributed by atoms with Crippen molar-refractivity contribution in [2.45, 2.75) is 44.6 Å². The highest BCUT2D eigenvalue weighted by atomic mass is 32.2. The molecule has 1 fully saturated rings. The molecule has 0 saturated carbocycles. The lowest BCUT2D eigenvalue weighted by Gasteiger charge is -2.34. The summed E-state index contributed by atoms with van der Waals surface area (Å²) in [6.07, 6.45) is 1.94. The molecule has 0 bridgehead atoms. The van der Waals surface area contributed by atoms with Crippen molar-refractivity contribution < 1.29 is 12.9 Å². The molecule has 7 heteroatoms. The maximum atomic E-state index is 12.8. The summed E-state index contributed by atoms with van der Waals surface area (Å²) >= 11 is 0. The molecule has 2 unspecified atom stereocenters. The molecular weight excluding hydrogens is 278 g/mol. The molecular formula is C13H23N3O3S. The highest BCUT2D eigenvalue weighted by Gasteiger charge is 2.35. The van der Waals surface area contributed by atoms with Gasteiger partial charge in [0.2, 0.25) is 10.0 Å². The molecule has 0 aliphatic carbocycles. The molecule has 1 saturated heterocycles. The predicted molar refractivity (Wildman–Crippen MR) is 76.0 cm³/mol. The fraction of sp³-hybridized carbons (Fsp3) is 0.769. The highest BCUT2D eigenvalue weighted by Crippen LogP contribution is 2.28. The zero-order valence-electron chi connectivity index (χ0n) is 12.5. The van der Waals surface area contributed by atoms with Crippen LogP contribution in [0.2, 0.25) is 0 Å². The molecule has 20 heavy (non-hydrogen) atoms. The van der Waals surface area contributed by atoms with Crippen LogP contribution in [0.4, 0.5) is 0 Å². The lowest BCUT2D eigenvalue weighted by molar-refractivity contribution is 0.229. The predicted octanol–water partition coefficient (Wildman–Crippen LogP) is 1.30. The molecule has 2 atom stereocenters. The van der Waals surface area contributed by atoms with Crippen LogP contribution in [0.5, 0.6) is 0 Å². The largest absolute Gasteiger partial charge is 0.360 e. The summed E-state index contributed by atoms with van der Waals surface area (Å²) in [5.41, 5.74) is 0.436. The van der Waals surface area contributed by atoms with E-state index in [0.29, 0.717) is 36.5 Å². The van der Waals surface area contributed by atoms with Crippen molar-refractivity contribution in [1.29, 1.82) is 0 Å². The van der Waals surface area contributed by atoms with Gasteiger partial charge >= 0.3 is 0 Å². The van der Waals surface area contributed by atoms with E-state index in [0.717, 1.165) is 12.8 Å². The molecule has 1 aliphatic rings. The minimum Gasteiger partial charge on any atom is -0.360 e. The molecule has 114 valence electrons. The van der Waals surface area contributed by atoms with Crippen LogP contribution in [0, 0.1) is 19.8 Å². The van der Waals surface area contributed by atoms with Crippen molar-refractivity contribution in [3.63, 3.8) is 0 Å². The fourth-order valence-electron chi connectivity index (χ4n) is 2.81. The third-order valence-electron chi connectivity index (χ3n) is 4.15. The second-order valence-corrected chi connectivity index (χ2v) is 7.37. The smallest absolute Gasteiger partial charge is 0.248 e. The number of sulfonamides is 1. The molecule has 1 aromatic heterocycles. The Morgan fingerprint density at radius 3 is 2.70 bits per heavy atom. The molecule has 2 heterocycles. The molecule has 2 rings (SSSR count). The molecule has 0 radical (unpaired) electrons. The van der Waals surface area contributed by atoms with E-state index < -0.39 is 10.0 Å². The molecule has 0 amide bonds. The van der Waals surface area contributed by atoms with Crippen molar-refractivity contribution in [2.24, 2.45) is 5.92 Å². The van der Waals surface area contributed by atoms with Crippen LogP contribution < -0.4 is 5.32 Å². The summed E-state index contributed by atoms with van der Waals surface area (Å²) in [7, 11) is -1.60. The van der Waals surface area contributed by atoms with E-state index >= 15 is 0 Å². The topological polar surface area (TPSA) is 75.4 Å². The van der Waals surface area contributed by atoms with Gasteiger partial charge in [0.15, 0.2) is 5.76 Å². The quantitative estimate of drug-likeness (QED) is 0.907. The summed E-state index contributed by atoms with van der Waals surface area (Å²) < 4.78 is 32.1. The Kier molecular flexibility index (Phi) is 4.51. The van der Waals surface area contributed by atoms with Gasteiger partial charge in [0.1, 0.15) is 10.6 Å². The Morgan fingerprint density at radius 1 is 1.45 bits per heavy atom. The van der Waals surface area contributed by atoms with E-state index in [9.17, 15) is 8.42 Å². The molecule has 0 aromatic carbocycles. The van der Waals surface area contributed by atoms with Crippen molar-refractivity contribution >= 4 is 10.0 Å². The van der Waals surface area contributed by atoms with Gasteiger partial charge in [0.25, 0.3) is 0 Å². The van der Waals surface area contributed by atoms with E-state index in [4.69, 9.17) is 4.52 Å². The van der Waals surface area contributed by atoms with Crippen LogP contribution in [0.1, 0.15) is 31.2 Å². The number of nitrogens with zero attached hydrogens (tertiary/aromatic N) is 2. The molecule has 1 aliphatic heterocycles. The van der Waals surface area contributed by atoms with Crippen LogP contribution in [0.15, 0.2) is 9.42 Å². The molecule has 1 aromatic rings. The van der Waals surface area contributed by atoms with Crippen molar-refractivity contribution in [1.82, 2.24) is 14.8 Å². The second kappa shape index (κ2) is 5.83. The normalized spacial score (nSPS) is 22.9. The molecule has 0 spiro atoms. The van der Waals surface area contributed by atoms with Gasteiger partial charge < -0.3 is 9.84 Å². The number of aryl methyl sites for hydroxylation is 2. The number of hydrogen-bond donors (Lipinski definition) is 1. The van der Waals surface area contributed by atoms with Gasteiger partial charge in [0, 0.05) is 19.1 Å². The monoisotopic (exact) mass is 301 g/mol. The lowest BCUT2D eigenvalue weighted by Crippen LogP contribution is -2.45. The van der Waals surface area contributed by atoms with Gasteiger partial charge in [-0.1, -0.05) is 5.16 Å². The SMILES string of the molecule is CNC(C)C1CCCN(S(=O)(=O)c2c(C)noc2C)C1. The van der Waals surface area contributed by atoms with Crippen LogP contribution in [0.25, 0.3) is 0 Å². The Balaban J connectivity index is 2.26. The minimum atomic E-state index is -3.51. The van der Waals surface area contributed by atoms with E-state index in [1.807, 2.05) is 7.05 Å². The average Bonchev–Trinajstić information content (AvgIpc) is 2.78. The van der Waals surface area contributed by atoms with Crippen LogP contribution >= 0.6 is 0 Å². The van der Waals surface area contributed by atoms with Crippen LogP contribution in [0.3, 0.4) is 0 Å². The van der Waals surface area contributed by atoms with E-state index in [1.54, 1.807) is 18.2 Å². The summed E-state index contributed by atoms with van der Waals surface area (Å²) in [6.45, 7) is 6.52. The first-order valence-corrected chi connectivity index (χ1v) is 8.42. The Bertz CT molecular complexity index is 548. The van der Waals surface area contributed by atoms with Gasteiger partial charge in [0.05, 0.1) is 0 Å². The summed E-state index contributed by atoms with van der Waals surface area (Å²) in [5, 5.41) is 6.97. The van der Waals surface area contributed by atoms with Gasteiger partial charge in [-0.3, -0.25) is 0 Å². The van der Waals surface area contributed by atoms with Gasteiger partial charge in [-0.2, -0.15) is 4.31 Å². The first-order valence-electron chi connectivity index (χ1n) is 6.98. The zero-order chi connectivity index (χ0) is 14.9. The third-order valence-corrected chi connectivity index (χ3v) is 6.26. The first kappa shape index (κ1) is 15.5. The number of rotatable bonds is 4. The minimum absolute atomic E-state index is 0.232. The van der Waals surface area contributed by atoms with Gasteiger partial charge in [-0.05, 0) is 46.6 Å². The van der Waals surface area contributed by atoms with Crippen molar-refractivity contribution in [3.8, 4) is 0 Å². The lowest BCUT2D eigenvalue weighted by atomic mass is 9.93. The van der Waals surface area contributed by atoms with E-state index in [-0.39, 0.29) is 4.90 Å². The fourth-order valence-corrected chi connectivity index (χ4v) is 4.63. The van der Waals surface area contributed by atoms with Crippen LogP contribution in [-0.2, 0) is 10.0 Å². The second-order valence-electron chi connectivity index (χ2n) is 5.50. The summed E-state index contributed by atoms with van der Waals surface area (Å²) in [4.78, 5) is 0.232. The summed E-state index contributed by atoms with van der Waals surface area (Å²) in [5.74, 6) is 0.704. The average molecular weight is 301 g/mol. The maximum absolute atomic E-state index is 12.8. The van der Waals surface area contributed by atoms with E-state index in [2.05, 4.69) is 17.4 Å². The number of nitrogens with one attached hydrogen (secondary N) is 1. The number of aromatic nitrogens is 1. The third kappa shape index (κ3) is 2.75. The number of hydrogen-bond acceptors (Lipinski definition) is 5. The van der Waals surface area contributed by atoms with Crippen LogP contribution in [-0.4, -0.2) is 44.1 Å². The van der Waals surface area contributed by atoms with Gasteiger partial charge in [-0.25, -0.2) is 8.42 Å². The maximum Gasteiger partial charge on any atom is 0.248 e. The van der Waals surface area contributed by atoms with Crippen molar-refractivity contribution in [2.75, 3.05) is 20.1 Å². The van der Waals surface area contributed by atoms with Gasteiger partial charge in [-0.15, -0.1) is 0 Å². The Labute approximate surface area is 120 Å². The van der Waals surface area contributed by atoms with E-state index in [1.165, 1.54) is 0 Å². The Morgan fingerprint density at radius 2 is 2.15 bits per heavy atom.